The van der Waals surface area contributed by atoms with Gasteiger partial charge < -0.3 is 9.52 Å². The normalized spacial score (nSPS) is 10.6. The highest BCUT2D eigenvalue weighted by atomic mass is 16.3. The topological polar surface area (TPSA) is 50.4 Å². The molecule has 0 radical (unpaired) electrons. The molecular formula is C11H10O3. The average molecular weight is 190 g/mol. The van der Waals surface area contributed by atoms with E-state index in [4.69, 9.17) is 4.42 Å². The van der Waals surface area contributed by atoms with Crippen LogP contribution in [0.4, 0.5) is 0 Å². The van der Waals surface area contributed by atoms with Gasteiger partial charge in [-0.3, -0.25) is 4.79 Å². The van der Waals surface area contributed by atoms with E-state index in [1.807, 2.05) is 6.92 Å². The zero-order chi connectivity index (χ0) is 10.1. The van der Waals surface area contributed by atoms with E-state index in [1.54, 1.807) is 6.07 Å². The van der Waals surface area contributed by atoms with Gasteiger partial charge in [0.25, 0.3) is 0 Å². The lowest BCUT2D eigenvalue weighted by atomic mass is 10.1. The van der Waals surface area contributed by atoms with Crippen LogP contribution in [0.3, 0.4) is 0 Å². The Morgan fingerprint density at radius 2 is 2.21 bits per heavy atom. The molecule has 0 aliphatic heterocycles. The Hall–Kier alpha value is -1.77. The summed E-state index contributed by atoms with van der Waals surface area (Å²) in [5, 5.41) is 9.67. The predicted molar refractivity (Wildman–Crippen MR) is 53.5 cm³/mol. The van der Waals surface area contributed by atoms with Crippen molar-refractivity contribution in [2.75, 3.05) is 0 Å². The highest BCUT2D eigenvalue weighted by Crippen LogP contribution is 2.17. The number of hydrogen-bond donors (Lipinski definition) is 1. The summed E-state index contributed by atoms with van der Waals surface area (Å²) >= 11 is 0. The van der Waals surface area contributed by atoms with Crippen LogP contribution in [-0.2, 0) is 6.42 Å². The van der Waals surface area contributed by atoms with Crippen molar-refractivity contribution < 1.29 is 9.52 Å². The van der Waals surface area contributed by atoms with Crippen LogP contribution < -0.4 is 5.43 Å². The number of hydrogen-bond acceptors (Lipinski definition) is 3. The van der Waals surface area contributed by atoms with Gasteiger partial charge in [0.05, 0.1) is 11.6 Å². The van der Waals surface area contributed by atoms with Gasteiger partial charge in [0, 0.05) is 5.56 Å². The molecule has 1 heterocycles. The maximum Gasteiger partial charge on any atom is 0.195 e. The third kappa shape index (κ3) is 1.27. The molecule has 3 nitrogen and oxygen atoms in total. The summed E-state index contributed by atoms with van der Waals surface area (Å²) in [6, 6.07) is 4.52. The Morgan fingerprint density at radius 1 is 1.43 bits per heavy atom. The monoisotopic (exact) mass is 190 g/mol. The standard InChI is InChI=1S/C11H10O3/c1-2-7-6-14-10-4-3-8(12)5-9(10)11(7)13/h3-6,12H,2H2,1H3. The molecule has 2 aromatic rings. The van der Waals surface area contributed by atoms with E-state index >= 15 is 0 Å². The molecule has 0 saturated heterocycles. The third-order valence-corrected chi connectivity index (χ3v) is 2.21. The Balaban J connectivity index is 2.87. The molecule has 0 amide bonds. The summed E-state index contributed by atoms with van der Waals surface area (Å²) in [5.41, 5.74) is 1.07. The molecule has 0 aliphatic rings. The summed E-state index contributed by atoms with van der Waals surface area (Å²) in [6.07, 6.45) is 2.11. The Kier molecular flexibility index (Phi) is 2.00. The van der Waals surface area contributed by atoms with Gasteiger partial charge in [0.2, 0.25) is 0 Å². The van der Waals surface area contributed by atoms with E-state index in [1.165, 1.54) is 18.4 Å². The van der Waals surface area contributed by atoms with Gasteiger partial charge in [-0.1, -0.05) is 6.92 Å². The highest BCUT2D eigenvalue weighted by Gasteiger charge is 2.05. The molecule has 0 bridgehead atoms. The maximum absolute atomic E-state index is 11.7. The molecule has 72 valence electrons. The van der Waals surface area contributed by atoms with Gasteiger partial charge >= 0.3 is 0 Å². The van der Waals surface area contributed by atoms with Gasteiger partial charge in [-0.05, 0) is 24.6 Å². The summed E-state index contributed by atoms with van der Waals surface area (Å²) in [5.74, 6) is 0.0815. The predicted octanol–water partition coefficient (Wildman–Crippen LogP) is 2.06. The van der Waals surface area contributed by atoms with E-state index in [9.17, 15) is 9.90 Å². The molecule has 14 heavy (non-hydrogen) atoms. The number of rotatable bonds is 1. The smallest absolute Gasteiger partial charge is 0.195 e. The van der Waals surface area contributed by atoms with Crippen molar-refractivity contribution in [1.29, 1.82) is 0 Å². The molecule has 0 unspecified atom stereocenters. The summed E-state index contributed by atoms with van der Waals surface area (Å²) in [7, 11) is 0. The van der Waals surface area contributed by atoms with Crippen LogP contribution in [0.15, 0.2) is 33.7 Å². The number of aryl methyl sites for hydroxylation is 1. The van der Waals surface area contributed by atoms with Crippen molar-refractivity contribution in [3.8, 4) is 5.75 Å². The van der Waals surface area contributed by atoms with E-state index in [-0.39, 0.29) is 11.2 Å². The molecule has 0 aliphatic carbocycles. The van der Waals surface area contributed by atoms with E-state index < -0.39 is 0 Å². The number of fused-ring (bicyclic) bond motifs is 1. The minimum Gasteiger partial charge on any atom is -0.508 e. The zero-order valence-corrected chi connectivity index (χ0v) is 7.78. The second kappa shape index (κ2) is 3.18. The first-order valence-electron chi connectivity index (χ1n) is 4.45. The maximum atomic E-state index is 11.7. The fourth-order valence-corrected chi connectivity index (χ4v) is 1.40. The SMILES string of the molecule is CCc1coc2ccc(O)cc2c1=O. The quantitative estimate of drug-likeness (QED) is 0.748. The molecule has 0 atom stereocenters. The second-order valence-electron chi connectivity index (χ2n) is 3.12. The third-order valence-electron chi connectivity index (χ3n) is 2.21. The Morgan fingerprint density at radius 3 is 2.93 bits per heavy atom. The van der Waals surface area contributed by atoms with Crippen LogP contribution in [0.2, 0.25) is 0 Å². The van der Waals surface area contributed by atoms with Crippen LogP contribution in [0.25, 0.3) is 11.0 Å². The van der Waals surface area contributed by atoms with Gasteiger partial charge in [-0.25, -0.2) is 0 Å². The largest absolute Gasteiger partial charge is 0.508 e. The lowest BCUT2D eigenvalue weighted by molar-refractivity contribution is 0.475. The molecular weight excluding hydrogens is 180 g/mol. The second-order valence-corrected chi connectivity index (χ2v) is 3.12. The van der Waals surface area contributed by atoms with Crippen LogP contribution >= 0.6 is 0 Å². The summed E-state index contributed by atoms with van der Waals surface area (Å²) in [4.78, 5) is 11.7. The fourth-order valence-electron chi connectivity index (χ4n) is 1.40. The van der Waals surface area contributed by atoms with Crippen molar-refractivity contribution in [2.45, 2.75) is 13.3 Å². The van der Waals surface area contributed by atoms with Gasteiger partial charge in [-0.2, -0.15) is 0 Å². The van der Waals surface area contributed by atoms with E-state index in [2.05, 4.69) is 0 Å². The number of benzene rings is 1. The zero-order valence-electron chi connectivity index (χ0n) is 7.78. The minimum absolute atomic E-state index is 0.0651. The molecule has 0 spiro atoms. The van der Waals surface area contributed by atoms with Gasteiger partial charge in [0.1, 0.15) is 11.3 Å². The molecule has 3 heteroatoms. The summed E-state index contributed by atoms with van der Waals surface area (Å²) in [6.45, 7) is 1.89. The fraction of sp³-hybridized carbons (Fsp3) is 0.182. The van der Waals surface area contributed by atoms with Gasteiger partial charge in [0.15, 0.2) is 5.43 Å². The molecule has 1 N–H and O–H groups in total. The Labute approximate surface area is 80.6 Å². The molecule has 1 aromatic heterocycles. The lowest BCUT2D eigenvalue weighted by Crippen LogP contribution is -2.07. The lowest BCUT2D eigenvalue weighted by Gasteiger charge is -1.99. The van der Waals surface area contributed by atoms with E-state index in [0.29, 0.717) is 23.0 Å². The molecule has 2 rings (SSSR count). The number of aromatic hydroxyl groups is 1. The van der Waals surface area contributed by atoms with Gasteiger partial charge in [-0.15, -0.1) is 0 Å². The van der Waals surface area contributed by atoms with Crippen molar-refractivity contribution >= 4 is 11.0 Å². The van der Waals surface area contributed by atoms with Crippen molar-refractivity contribution in [2.24, 2.45) is 0 Å². The van der Waals surface area contributed by atoms with Crippen molar-refractivity contribution in [3.63, 3.8) is 0 Å². The van der Waals surface area contributed by atoms with E-state index in [0.717, 1.165) is 0 Å². The molecule has 0 fully saturated rings. The Bertz CT molecular complexity index is 526. The van der Waals surface area contributed by atoms with Crippen LogP contribution in [0.5, 0.6) is 5.75 Å². The minimum atomic E-state index is -0.0651. The first kappa shape index (κ1) is 8.81. The van der Waals surface area contributed by atoms with Crippen molar-refractivity contribution in [3.05, 3.63) is 40.2 Å². The highest BCUT2D eigenvalue weighted by molar-refractivity contribution is 5.78. The molecule has 0 saturated carbocycles. The van der Waals surface area contributed by atoms with Crippen molar-refractivity contribution in [1.82, 2.24) is 0 Å². The number of phenolic OH excluding ortho intramolecular Hbond substituents is 1. The number of phenols is 1. The van der Waals surface area contributed by atoms with Crippen LogP contribution in [0.1, 0.15) is 12.5 Å². The van der Waals surface area contributed by atoms with Crippen LogP contribution in [0, 0.1) is 0 Å². The average Bonchev–Trinajstić information content (AvgIpc) is 2.20. The first-order valence-corrected chi connectivity index (χ1v) is 4.45. The van der Waals surface area contributed by atoms with Crippen LogP contribution in [-0.4, -0.2) is 5.11 Å². The summed E-state index contributed by atoms with van der Waals surface area (Å²) < 4.78 is 5.26. The molecule has 1 aromatic carbocycles. The first-order chi connectivity index (χ1) is 6.72.